The highest BCUT2D eigenvalue weighted by Crippen LogP contribution is 2.41. The van der Waals surface area contributed by atoms with Gasteiger partial charge in [-0.3, -0.25) is 4.79 Å². The fourth-order valence-electron chi connectivity index (χ4n) is 3.30. The van der Waals surface area contributed by atoms with Crippen molar-refractivity contribution in [1.29, 1.82) is 0 Å². The molecule has 6 nitrogen and oxygen atoms in total. The number of hydrogen-bond donors (Lipinski definition) is 1. The quantitative estimate of drug-likeness (QED) is 0.536. The van der Waals surface area contributed by atoms with Gasteiger partial charge in [0, 0.05) is 30.1 Å². The van der Waals surface area contributed by atoms with E-state index in [0.29, 0.717) is 56.7 Å². The Labute approximate surface area is 189 Å². The van der Waals surface area contributed by atoms with Gasteiger partial charge in [0.1, 0.15) is 11.5 Å². The zero-order valence-electron chi connectivity index (χ0n) is 17.8. The number of rotatable bonds is 8. The predicted molar refractivity (Wildman–Crippen MR) is 118 cm³/mol. The van der Waals surface area contributed by atoms with Crippen LogP contribution in [-0.4, -0.2) is 50.9 Å². The van der Waals surface area contributed by atoms with Crippen LogP contribution < -0.4 is 19.7 Å². The number of anilines is 2. The number of carbonyl (C=O) groups is 1. The SMILES string of the molecule is CCOc1cc(N2CCOCC2)c(OCC)cc1NC(=O)c1ccccc1SC(F)(F)F. The van der Waals surface area contributed by atoms with Gasteiger partial charge in [-0.15, -0.1) is 0 Å². The minimum Gasteiger partial charge on any atom is -0.492 e. The summed E-state index contributed by atoms with van der Waals surface area (Å²) in [5, 5.41) is 2.70. The van der Waals surface area contributed by atoms with Crippen molar-refractivity contribution in [2.75, 3.05) is 49.7 Å². The lowest BCUT2D eigenvalue weighted by atomic mass is 10.1. The predicted octanol–water partition coefficient (Wildman–Crippen LogP) is 5.18. The molecule has 32 heavy (non-hydrogen) atoms. The first-order chi connectivity index (χ1) is 15.3. The third-order valence-corrected chi connectivity index (χ3v) is 5.43. The van der Waals surface area contributed by atoms with Crippen LogP contribution in [0.3, 0.4) is 0 Å². The molecule has 2 aromatic rings. The molecule has 1 saturated heterocycles. The summed E-state index contributed by atoms with van der Waals surface area (Å²) in [5.74, 6) is 0.290. The molecule has 1 aliphatic heterocycles. The van der Waals surface area contributed by atoms with Gasteiger partial charge in [-0.1, -0.05) is 12.1 Å². The van der Waals surface area contributed by atoms with Crippen LogP contribution in [0.5, 0.6) is 11.5 Å². The molecule has 3 rings (SSSR count). The molecule has 0 saturated carbocycles. The van der Waals surface area contributed by atoms with Crippen LogP contribution in [0.15, 0.2) is 41.3 Å². The standard InChI is InChI=1S/C22H25F3N2O4S/c1-3-30-18-14-17(27-9-11-29-12-10-27)19(31-4-2)13-16(18)26-21(28)15-7-5-6-8-20(15)32-22(23,24)25/h5-8,13-14H,3-4,9-12H2,1-2H3,(H,26,28). The van der Waals surface area contributed by atoms with E-state index >= 15 is 0 Å². The lowest BCUT2D eigenvalue weighted by Gasteiger charge is -2.31. The fourth-order valence-corrected chi connectivity index (χ4v) is 3.97. The fraction of sp³-hybridized carbons (Fsp3) is 0.409. The Morgan fingerprint density at radius 2 is 1.75 bits per heavy atom. The lowest BCUT2D eigenvalue weighted by molar-refractivity contribution is -0.0328. The van der Waals surface area contributed by atoms with Gasteiger partial charge >= 0.3 is 5.51 Å². The lowest BCUT2D eigenvalue weighted by Crippen LogP contribution is -2.36. The molecule has 0 atom stereocenters. The van der Waals surface area contributed by atoms with Crippen molar-refractivity contribution < 1.29 is 32.2 Å². The van der Waals surface area contributed by atoms with Crippen LogP contribution >= 0.6 is 11.8 Å². The summed E-state index contributed by atoms with van der Waals surface area (Å²) in [6, 6.07) is 9.04. The van der Waals surface area contributed by atoms with Gasteiger partial charge in [0.2, 0.25) is 0 Å². The number of thioether (sulfide) groups is 1. The summed E-state index contributed by atoms with van der Waals surface area (Å²) in [4.78, 5) is 14.9. The van der Waals surface area contributed by atoms with Gasteiger partial charge in [-0.2, -0.15) is 13.2 Å². The average molecular weight is 471 g/mol. The summed E-state index contributed by atoms with van der Waals surface area (Å²) in [6.07, 6.45) is 0. The van der Waals surface area contributed by atoms with Crippen LogP contribution in [0.1, 0.15) is 24.2 Å². The molecule has 10 heteroatoms. The number of benzene rings is 2. The second-order valence-electron chi connectivity index (χ2n) is 6.78. The molecule has 0 bridgehead atoms. The summed E-state index contributed by atoms with van der Waals surface area (Å²) in [7, 11) is 0. The molecule has 1 aliphatic rings. The van der Waals surface area contributed by atoms with Crippen molar-refractivity contribution in [3.63, 3.8) is 0 Å². The third-order valence-electron chi connectivity index (χ3n) is 4.62. The van der Waals surface area contributed by atoms with Gasteiger partial charge < -0.3 is 24.4 Å². The van der Waals surface area contributed by atoms with E-state index in [1.807, 2.05) is 13.8 Å². The first-order valence-corrected chi connectivity index (χ1v) is 11.1. The van der Waals surface area contributed by atoms with Crippen molar-refractivity contribution >= 4 is 29.0 Å². The Kier molecular flexibility index (Phi) is 8.14. The smallest absolute Gasteiger partial charge is 0.446 e. The number of amides is 1. The number of halogens is 3. The van der Waals surface area contributed by atoms with Crippen molar-refractivity contribution in [3.8, 4) is 11.5 Å². The maximum atomic E-state index is 12.9. The van der Waals surface area contributed by atoms with Gasteiger partial charge in [-0.05, 0) is 37.7 Å². The molecule has 0 unspecified atom stereocenters. The van der Waals surface area contributed by atoms with E-state index in [9.17, 15) is 18.0 Å². The molecular formula is C22H25F3N2O4S. The van der Waals surface area contributed by atoms with Crippen molar-refractivity contribution in [1.82, 2.24) is 0 Å². The van der Waals surface area contributed by atoms with E-state index in [0.717, 1.165) is 5.69 Å². The molecule has 2 aromatic carbocycles. The minimum absolute atomic E-state index is 0.0764. The summed E-state index contributed by atoms with van der Waals surface area (Å²) >= 11 is -0.322. The number of morpholine rings is 1. The summed E-state index contributed by atoms with van der Waals surface area (Å²) in [6.45, 7) is 6.94. The zero-order chi connectivity index (χ0) is 23.1. The Morgan fingerprint density at radius 1 is 1.09 bits per heavy atom. The molecule has 1 heterocycles. The van der Waals surface area contributed by atoms with Crippen molar-refractivity contribution in [2.24, 2.45) is 0 Å². The van der Waals surface area contributed by atoms with Crippen LogP contribution in [0.25, 0.3) is 0 Å². The molecule has 0 aliphatic carbocycles. The Bertz CT molecular complexity index is 934. The molecule has 174 valence electrons. The number of carbonyl (C=O) groups excluding carboxylic acids is 1. The third kappa shape index (κ3) is 6.23. The highest BCUT2D eigenvalue weighted by Gasteiger charge is 2.31. The second kappa shape index (κ2) is 10.8. The van der Waals surface area contributed by atoms with Gasteiger partial charge in [0.05, 0.1) is 43.4 Å². The number of alkyl halides is 3. The Balaban J connectivity index is 1.95. The van der Waals surface area contributed by atoms with Crippen LogP contribution in [-0.2, 0) is 4.74 Å². The van der Waals surface area contributed by atoms with Crippen LogP contribution in [0.4, 0.5) is 24.5 Å². The Morgan fingerprint density at radius 3 is 2.41 bits per heavy atom. The molecule has 0 aromatic heterocycles. The normalized spacial score (nSPS) is 14.2. The molecular weight excluding hydrogens is 445 g/mol. The van der Waals surface area contributed by atoms with Gasteiger partial charge in [-0.25, -0.2) is 0 Å². The highest BCUT2D eigenvalue weighted by molar-refractivity contribution is 8.00. The molecule has 1 fully saturated rings. The molecule has 1 amide bonds. The summed E-state index contributed by atoms with van der Waals surface area (Å²) in [5.41, 5.74) is -3.45. The van der Waals surface area contributed by atoms with Crippen LogP contribution in [0.2, 0.25) is 0 Å². The first kappa shape index (κ1) is 24.1. The van der Waals surface area contributed by atoms with Gasteiger partial charge in [0.25, 0.3) is 5.91 Å². The topological polar surface area (TPSA) is 60.0 Å². The molecule has 1 N–H and O–H groups in total. The molecule has 0 spiro atoms. The van der Waals surface area contributed by atoms with Crippen molar-refractivity contribution in [2.45, 2.75) is 24.3 Å². The maximum absolute atomic E-state index is 12.9. The highest BCUT2D eigenvalue weighted by atomic mass is 32.2. The monoisotopic (exact) mass is 470 g/mol. The van der Waals surface area contributed by atoms with E-state index in [1.54, 1.807) is 12.1 Å². The number of hydrogen-bond acceptors (Lipinski definition) is 6. The van der Waals surface area contributed by atoms with E-state index in [-0.39, 0.29) is 22.2 Å². The van der Waals surface area contributed by atoms with Crippen LogP contribution in [0, 0.1) is 0 Å². The maximum Gasteiger partial charge on any atom is 0.446 e. The van der Waals surface area contributed by atoms with E-state index in [2.05, 4.69) is 10.2 Å². The van der Waals surface area contributed by atoms with E-state index < -0.39 is 11.4 Å². The second-order valence-corrected chi connectivity index (χ2v) is 7.89. The Hall–Kier alpha value is -2.59. The largest absolute Gasteiger partial charge is 0.492 e. The zero-order valence-corrected chi connectivity index (χ0v) is 18.6. The van der Waals surface area contributed by atoms with E-state index in [4.69, 9.17) is 14.2 Å². The van der Waals surface area contributed by atoms with Crippen molar-refractivity contribution in [3.05, 3.63) is 42.0 Å². The minimum atomic E-state index is -4.51. The number of ether oxygens (including phenoxy) is 3. The summed E-state index contributed by atoms with van der Waals surface area (Å²) < 4.78 is 55.7. The number of nitrogens with one attached hydrogen (secondary N) is 1. The molecule has 0 radical (unpaired) electrons. The average Bonchev–Trinajstić information content (AvgIpc) is 2.75. The van der Waals surface area contributed by atoms with Gasteiger partial charge in [0.15, 0.2) is 0 Å². The number of nitrogens with zero attached hydrogens (tertiary/aromatic N) is 1. The van der Waals surface area contributed by atoms with E-state index in [1.165, 1.54) is 24.3 Å². The first-order valence-electron chi connectivity index (χ1n) is 10.2.